The van der Waals surface area contributed by atoms with Crippen LogP contribution in [0.25, 0.3) is 0 Å². The fourth-order valence-electron chi connectivity index (χ4n) is 3.07. The van der Waals surface area contributed by atoms with E-state index in [2.05, 4.69) is 10.3 Å². The molecule has 2 aromatic rings. The van der Waals surface area contributed by atoms with Gasteiger partial charge in [-0.3, -0.25) is 4.79 Å². The number of likely N-dealkylation sites (N-methyl/N-ethyl adjacent to an activating group) is 1. The molecule has 1 saturated heterocycles. The van der Waals surface area contributed by atoms with Gasteiger partial charge in [-0.05, 0) is 44.2 Å². The second kappa shape index (κ2) is 10.4. The summed E-state index contributed by atoms with van der Waals surface area (Å²) in [4.78, 5) is 21.1. The van der Waals surface area contributed by atoms with Crippen LogP contribution in [0, 0.1) is 0 Å². The predicted molar refractivity (Wildman–Crippen MR) is 111 cm³/mol. The van der Waals surface area contributed by atoms with E-state index in [-0.39, 0.29) is 30.7 Å². The van der Waals surface area contributed by atoms with E-state index in [0.717, 1.165) is 37.4 Å². The third-order valence-corrected chi connectivity index (χ3v) is 4.60. The molecule has 0 radical (unpaired) electrons. The van der Waals surface area contributed by atoms with Crippen molar-refractivity contribution in [2.75, 3.05) is 32.1 Å². The van der Waals surface area contributed by atoms with Crippen molar-refractivity contribution in [2.24, 2.45) is 0 Å². The highest BCUT2D eigenvalue weighted by molar-refractivity contribution is 5.94. The Balaban J connectivity index is 0.00000169. The maximum absolute atomic E-state index is 12.7. The van der Waals surface area contributed by atoms with Gasteiger partial charge in [0, 0.05) is 38.1 Å². The number of amides is 1. The minimum atomic E-state index is 0. The molecule has 1 atom stereocenters. The van der Waals surface area contributed by atoms with Crippen molar-refractivity contribution in [1.82, 2.24) is 15.2 Å². The van der Waals surface area contributed by atoms with Gasteiger partial charge in [0.1, 0.15) is 5.82 Å². The Labute approximate surface area is 167 Å². The highest BCUT2D eigenvalue weighted by Gasteiger charge is 2.23. The highest BCUT2D eigenvalue weighted by Crippen LogP contribution is 2.21. The Kier molecular flexibility index (Phi) is 8.85. The van der Waals surface area contributed by atoms with E-state index in [0.29, 0.717) is 11.6 Å². The van der Waals surface area contributed by atoms with Gasteiger partial charge in [-0.1, -0.05) is 18.2 Å². The van der Waals surface area contributed by atoms with Gasteiger partial charge in [0.25, 0.3) is 5.91 Å². The summed E-state index contributed by atoms with van der Waals surface area (Å²) in [5.74, 6) is 0.890. The summed E-state index contributed by atoms with van der Waals surface area (Å²) in [5, 5.41) is 3.27. The summed E-state index contributed by atoms with van der Waals surface area (Å²) in [5.41, 5.74) is 1.72. The second-order valence-corrected chi connectivity index (χ2v) is 6.18. The monoisotopic (exact) mass is 396 g/mol. The number of benzene rings is 1. The van der Waals surface area contributed by atoms with Gasteiger partial charge in [0.2, 0.25) is 0 Å². The molecule has 3 rings (SSSR count). The van der Waals surface area contributed by atoms with Crippen LogP contribution in [0.1, 0.15) is 23.2 Å². The number of hydrogen-bond acceptors (Lipinski definition) is 4. The second-order valence-electron chi connectivity index (χ2n) is 6.18. The van der Waals surface area contributed by atoms with Crippen LogP contribution >= 0.6 is 24.8 Å². The van der Waals surface area contributed by atoms with E-state index < -0.39 is 0 Å². The Morgan fingerprint density at radius 1 is 1.19 bits per heavy atom. The number of rotatable bonds is 4. The van der Waals surface area contributed by atoms with Crippen LogP contribution < -0.4 is 10.2 Å². The molecule has 7 heteroatoms. The zero-order valence-electron chi connectivity index (χ0n) is 15.1. The molecule has 1 unspecified atom stereocenters. The number of para-hydroxylation sites is 1. The van der Waals surface area contributed by atoms with Crippen LogP contribution in [0.15, 0.2) is 48.7 Å². The van der Waals surface area contributed by atoms with E-state index in [1.165, 1.54) is 0 Å². The first kappa shape index (κ1) is 22.2. The van der Waals surface area contributed by atoms with Crippen molar-refractivity contribution >= 4 is 42.2 Å². The fourth-order valence-corrected chi connectivity index (χ4v) is 3.07. The average Bonchev–Trinajstić information content (AvgIpc) is 2.67. The number of carbonyl (C=O) groups is 1. The molecule has 26 heavy (non-hydrogen) atoms. The number of nitrogens with zero attached hydrogens (tertiary/aromatic N) is 3. The average molecular weight is 397 g/mol. The van der Waals surface area contributed by atoms with E-state index >= 15 is 0 Å². The summed E-state index contributed by atoms with van der Waals surface area (Å²) < 4.78 is 0. The molecule has 0 spiro atoms. The van der Waals surface area contributed by atoms with Crippen LogP contribution in [0.3, 0.4) is 0 Å². The molecule has 1 aliphatic rings. The first-order chi connectivity index (χ1) is 11.7. The number of carbonyl (C=O) groups excluding carboxylic acids is 1. The number of anilines is 2. The largest absolute Gasteiger partial charge is 0.337 e. The summed E-state index contributed by atoms with van der Waals surface area (Å²) in [6.07, 6.45) is 3.85. The molecule has 5 nitrogen and oxygen atoms in total. The Morgan fingerprint density at radius 2 is 1.92 bits per heavy atom. The summed E-state index contributed by atoms with van der Waals surface area (Å²) in [6, 6.07) is 14.2. The topological polar surface area (TPSA) is 48.5 Å². The summed E-state index contributed by atoms with van der Waals surface area (Å²) >= 11 is 0. The van der Waals surface area contributed by atoms with Crippen LogP contribution in [0.5, 0.6) is 0 Å². The van der Waals surface area contributed by atoms with Gasteiger partial charge in [-0.2, -0.15) is 0 Å². The highest BCUT2D eigenvalue weighted by atomic mass is 35.5. The predicted octanol–water partition coefficient (Wildman–Crippen LogP) is 3.52. The van der Waals surface area contributed by atoms with Crippen molar-refractivity contribution in [1.29, 1.82) is 0 Å². The fraction of sp³-hybridized carbons (Fsp3) is 0.368. The SMILES string of the molecule is CNC1CCCN(C(=O)c2ccc(N(C)c3ccccc3)nc2)C1.Cl.Cl. The molecule has 0 saturated carbocycles. The summed E-state index contributed by atoms with van der Waals surface area (Å²) in [7, 11) is 3.93. The lowest BCUT2D eigenvalue weighted by Crippen LogP contribution is -2.46. The zero-order valence-corrected chi connectivity index (χ0v) is 16.7. The zero-order chi connectivity index (χ0) is 16.9. The first-order valence-corrected chi connectivity index (χ1v) is 8.40. The quantitative estimate of drug-likeness (QED) is 0.858. The molecular weight excluding hydrogens is 371 g/mol. The molecule has 1 aromatic heterocycles. The van der Waals surface area contributed by atoms with E-state index in [9.17, 15) is 4.79 Å². The molecule has 142 valence electrons. The Hall–Kier alpha value is -1.82. The third kappa shape index (κ3) is 5.10. The molecule has 2 heterocycles. The summed E-state index contributed by atoms with van der Waals surface area (Å²) in [6.45, 7) is 1.59. The smallest absolute Gasteiger partial charge is 0.255 e. The molecule has 1 aliphatic heterocycles. The normalized spacial score (nSPS) is 16.2. The number of likely N-dealkylation sites (tertiary alicyclic amines) is 1. The van der Waals surface area contributed by atoms with Crippen LogP contribution in [0.4, 0.5) is 11.5 Å². The lowest BCUT2D eigenvalue weighted by Gasteiger charge is -2.32. The first-order valence-electron chi connectivity index (χ1n) is 8.40. The van der Waals surface area contributed by atoms with Crippen LogP contribution in [0.2, 0.25) is 0 Å². The maximum Gasteiger partial charge on any atom is 0.255 e. The Bertz CT molecular complexity index is 682. The number of aromatic nitrogens is 1. The van der Waals surface area contributed by atoms with Crippen LogP contribution in [-0.2, 0) is 0 Å². The van der Waals surface area contributed by atoms with Crippen molar-refractivity contribution in [3.05, 3.63) is 54.2 Å². The van der Waals surface area contributed by atoms with Gasteiger partial charge in [0.05, 0.1) is 5.56 Å². The van der Waals surface area contributed by atoms with Gasteiger partial charge in [-0.15, -0.1) is 24.8 Å². The number of halogens is 2. The molecule has 0 bridgehead atoms. The molecular formula is C19H26Cl2N4O. The lowest BCUT2D eigenvalue weighted by molar-refractivity contribution is 0.0698. The third-order valence-electron chi connectivity index (χ3n) is 4.60. The van der Waals surface area contributed by atoms with Crippen molar-refractivity contribution in [2.45, 2.75) is 18.9 Å². The van der Waals surface area contributed by atoms with Crippen molar-refractivity contribution in [3.63, 3.8) is 0 Å². The maximum atomic E-state index is 12.7. The van der Waals surface area contributed by atoms with Crippen molar-refractivity contribution in [3.8, 4) is 0 Å². The molecule has 1 aromatic carbocycles. The van der Waals surface area contributed by atoms with Gasteiger partial charge >= 0.3 is 0 Å². The number of nitrogens with one attached hydrogen (secondary N) is 1. The molecule has 1 N–H and O–H groups in total. The van der Waals surface area contributed by atoms with E-state index in [1.54, 1.807) is 6.20 Å². The Morgan fingerprint density at radius 3 is 2.54 bits per heavy atom. The number of piperidine rings is 1. The molecule has 1 amide bonds. The standard InChI is InChI=1S/C19H24N4O.2ClH/c1-20-16-7-6-12-23(14-16)19(24)15-10-11-18(21-13-15)22(2)17-8-4-3-5-9-17;;/h3-5,8-11,13,16,20H,6-7,12,14H2,1-2H3;2*1H. The van der Waals surface area contributed by atoms with Gasteiger partial charge in [0.15, 0.2) is 0 Å². The molecule has 0 aliphatic carbocycles. The van der Waals surface area contributed by atoms with E-state index in [1.807, 2.05) is 66.4 Å². The number of pyridine rings is 1. The molecule has 1 fully saturated rings. The lowest BCUT2D eigenvalue weighted by atomic mass is 10.1. The van der Waals surface area contributed by atoms with Gasteiger partial charge < -0.3 is 15.1 Å². The van der Waals surface area contributed by atoms with Crippen molar-refractivity contribution < 1.29 is 4.79 Å². The minimum absolute atomic E-state index is 0. The minimum Gasteiger partial charge on any atom is -0.337 e. The van der Waals surface area contributed by atoms with Gasteiger partial charge in [-0.25, -0.2) is 4.98 Å². The van der Waals surface area contributed by atoms with Crippen LogP contribution in [-0.4, -0.2) is 49.0 Å². The van der Waals surface area contributed by atoms with E-state index in [4.69, 9.17) is 0 Å². The number of hydrogen-bond donors (Lipinski definition) is 1.